The standard InChI is InChI=1S/C9H15N5O/c1-14-6-12-8(13-14)5-11-9(15)7-3-2-4-10-7/h6-7,10H,2-5H2,1H3,(H,11,15)/t7-/m0/s1. The van der Waals surface area contributed by atoms with Crippen LogP contribution in [0.25, 0.3) is 0 Å². The highest BCUT2D eigenvalue weighted by molar-refractivity contribution is 5.81. The number of aryl methyl sites for hydroxylation is 1. The van der Waals surface area contributed by atoms with Gasteiger partial charge in [-0.15, -0.1) is 0 Å². The largest absolute Gasteiger partial charge is 0.347 e. The van der Waals surface area contributed by atoms with E-state index in [1.807, 2.05) is 0 Å². The minimum atomic E-state index is -0.0336. The van der Waals surface area contributed by atoms with Crippen LogP contribution in [0.3, 0.4) is 0 Å². The zero-order chi connectivity index (χ0) is 10.7. The predicted molar refractivity (Wildman–Crippen MR) is 53.9 cm³/mol. The summed E-state index contributed by atoms with van der Waals surface area (Å²) in [5.74, 6) is 0.684. The summed E-state index contributed by atoms with van der Waals surface area (Å²) in [4.78, 5) is 15.6. The van der Waals surface area contributed by atoms with Gasteiger partial charge in [-0.3, -0.25) is 9.48 Å². The molecule has 1 aromatic rings. The molecule has 1 amide bonds. The Balaban J connectivity index is 1.80. The summed E-state index contributed by atoms with van der Waals surface area (Å²) in [6.07, 6.45) is 3.61. The third-order valence-corrected chi connectivity index (χ3v) is 2.44. The van der Waals surface area contributed by atoms with Crippen molar-refractivity contribution < 1.29 is 4.79 Å². The molecule has 2 rings (SSSR count). The van der Waals surface area contributed by atoms with Crippen LogP contribution in [0, 0.1) is 0 Å². The van der Waals surface area contributed by atoms with E-state index in [0.717, 1.165) is 19.4 Å². The van der Waals surface area contributed by atoms with Crippen LogP contribution in [-0.2, 0) is 18.4 Å². The number of nitrogens with zero attached hydrogens (tertiary/aromatic N) is 3. The van der Waals surface area contributed by atoms with E-state index in [1.54, 1.807) is 18.1 Å². The number of carbonyl (C=O) groups is 1. The molecular formula is C9H15N5O. The van der Waals surface area contributed by atoms with Crippen LogP contribution >= 0.6 is 0 Å². The summed E-state index contributed by atoms with van der Waals surface area (Å²) < 4.78 is 1.62. The van der Waals surface area contributed by atoms with Crippen LogP contribution in [-0.4, -0.2) is 33.3 Å². The molecule has 1 aliphatic heterocycles. The van der Waals surface area contributed by atoms with E-state index in [4.69, 9.17) is 0 Å². The fraction of sp³-hybridized carbons (Fsp3) is 0.667. The van der Waals surface area contributed by atoms with Crippen molar-refractivity contribution in [3.8, 4) is 0 Å². The lowest BCUT2D eigenvalue weighted by molar-refractivity contribution is -0.122. The zero-order valence-corrected chi connectivity index (χ0v) is 8.73. The van der Waals surface area contributed by atoms with Crippen molar-refractivity contribution in [3.05, 3.63) is 12.2 Å². The maximum atomic E-state index is 11.6. The van der Waals surface area contributed by atoms with Crippen molar-refractivity contribution in [3.63, 3.8) is 0 Å². The summed E-state index contributed by atoms with van der Waals surface area (Å²) in [7, 11) is 1.80. The van der Waals surface area contributed by atoms with Gasteiger partial charge in [0.2, 0.25) is 5.91 Å². The fourth-order valence-corrected chi connectivity index (χ4v) is 1.66. The van der Waals surface area contributed by atoms with Gasteiger partial charge in [-0.05, 0) is 19.4 Å². The second kappa shape index (κ2) is 4.39. The van der Waals surface area contributed by atoms with Crippen molar-refractivity contribution in [1.29, 1.82) is 0 Å². The topological polar surface area (TPSA) is 71.8 Å². The Morgan fingerprint density at radius 1 is 1.80 bits per heavy atom. The van der Waals surface area contributed by atoms with Gasteiger partial charge < -0.3 is 10.6 Å². The number of nitrogens with one attached hydrogen (secondary N) is 2. The second-order valence-electron chi connectivity index (χ2n) is 3.70. The van der Waals surface area contributed by atoms with Crippen LogP contribution in [0.1, 0.15) is 18.7 Å². The van der Waals surface area contributed by atoms with E-state index < -0.39 is 0 Å². The lowest BCUT2D eigenvalue weighted by Crippen LogP contribution is -2.40. The highest BCUT2D eigenvalue weighted by Crippen LogP contribution is 2.04. The molecule has 6 heteroatoms. The van der Waals surface area contributed by atoms with E-state index in [9.17, 15) is 4.79 Å². The maximum absolute atomic E-state index is 11.6. The molecule has 2 N–H and O–H groups in total. The molecule has 0 spiro atoms. The highest BCUT2D eigenvalue weighted by Gasteiger charge is 2.21. The summed E-state index contributed by atoms with van der Waals surface area (Å²) in [5.41, 5.74) is 0. The lowest BCUT2D eigenvalue weighted by atomic mass is 10.2. The van der Waals surface area contributed by atoms with Gasteiger partial charge in [-0.1, -0.05) is 0 Å². The first kappa shape index (κ1) is 10.1. The van der Waals surface area contributed by atoms with Crippen LogP contribution < -0.4 is 10.6 Å². The minimum absolute atomic E-state index is 0.0336. The SMILES string of the molecule is Cn1cnc(CNC(=O)[C@@H]2CCCN2)n1. The number of hydrogen-bond acceptors (Lipinski definition) is 4. The Morgan fingerprint density at radius 2 is 2.67 bits per heavy atom. The molecule has 1 saturated heterocycles. The molecule has 2 heterocycles. The van der Waals surface area contributed by atoms with Gasteiger partial charge in [0.05, 0.1) is 12.6 Å². The minimum Gasteiger partial charge on any atom is -0.347 e. The zero-order valence-electron chi connectivity index (χ0n) is 8.73. The van der Waals surface area contributed by atoms with Crippen LogP contribution in [0.5, 0.6) is 0 Å². The predicted octanol–water partition coefficient (Wildman–Crippen LogP) is -0.817. The van der Waals surface area contributed by atoms with Crippen LogP contribution in [0.4, 0.5) is 0 Å². The normalized spacial score (nSPS) is 20.5. The van der Waals surface area contributed by atoms with Crippen LogP contribution in [0.15, 0.2) is 6.33 Å². The monoisotopic (exact) mass is 209 g/mol. The van der Waals surface area contributed by atoms with E-state index >= 15 is 0 Å². The van der Waals surface area contributed by atoms with Crippen molar-refractivity contribution in [2.24, 2.45) is 7.05 Å². The third-order valence-electron chi connectivity index (χ3n) is 2.44. The second-order valence-corrected chi connectivity index (χ2v) is 3.70. The Hall–Kier alpha value is -1.43. The van der Waals surface area contributed by atoms with Gasteiger partial charge in [0.15, 0.2) is 5.82 Å². The number of rotatable bonds is 3. The van der Waals surface area contributed by atoms with Gasteiger partial charge >= 0.3 is 0 Å². The molecule has 0 bridgehead atoms. The van der Waals surface area contributed by atoms with Gasteiger partial charge in [0, 0.05) is 7.05 Å². The van der Waals surface area contributed by atoms with Gasteiger partial charge in [0.1, 0.15) is 6.33 Å². The Labute approximate surface area is 88.1 Å². The number of aromatic nitrogens is 3. The first-order valence-electron chi connectivity index (χ1n) is 5.11. The molecule has 1 fully saturated rings. The average molecular weight is 209 g/mol. The third kappa shape index (κ3) is 2.53. The lowest BCUT2D eigenvalue weighted by Gasteiger charge is -2.09. The Kier molecular flexibility index (Phi) is 2.96. The molecule has 0 aliphatic carbocycles. The summed E-state index contributed by atoms with van der Waals surface area (Å²) in [6.45, 7) is 1.33. The molecule has 82 valence electrons. The van der Waals surface area contributed by atoms with E-state index in [0.29, 0.717) is 12.4 Å². The summed E-state index contributed by atoms with van der Waals surface area (Å²) in [6, 6.07) is -0.0336. The van der Waals surface area contributed by atoms with Gasteiger partial charge in [-0.25, -0.2) is 4.98 Å². The summed E-state index contributed by atoms with van der Waals surface area (Å²) >= 11 is 0. The Bertz CT molecular complexity index is 342. The van der Waals surface area contributed by atoms with Crippen molar-refractivity contribution >= 4 is 5.91 Å². The highest BCUT2D eigenvalue weighted by atomic mass is 16.2. The molecule has 15 heavy (non-hydrogen) atoms. The quantitative estimate of drug-likeness (QED) is 0.682. The average Bonchev–Trinajstić information content (AvgIpc) is 2.84. The molecule has 6 nitrogen and oxygen atoms in total. The Morgan fingerprint density at radius 3 is 3.27 bits per heavy atom. The number of hydrogen-bond donors (Lipinski definition) is 2. The van der Waals surface area contributed by atoms with Gasteiger partial charge in [-0.2, -0.15) is 5.10 Å². The molecule has 0 aromatic carbocycles. The molecular weight excluding hydrogens is 194 g/mol. The first-order chi connectivity index (χ1) is 7.25. The molecule has 0 radical (unpaired) electrons. The van der Waals surface area contributed by atoms with Crippen LogP contribution in [0.2, 0.25) is 0 Å². The molecule has 1 aromatic heterocycles. The number of carbonyl (C=O) groups excluding carboxylic acids is 1. The maximum Gasteiger partial charge on any atom is 0.237 e. The smallest absolute Gasteiger partial charge is 0.237 e. The van der Waals surface area contributed by atoms with Gasteiger partial charge in [0.25, 0.3) is 0 Å². The molecule has 1 atom stereocenters. The first-order valence-corrected chi connectivity index (χ1v) is 5.11. The molecule has 0 saturated carbocycles. The number of amides is 1. The van der Waals surface area contributed by atoms with E-state index in [1.165, 1.54) is 0 Å². The van der Waals surface area contributed by atoms with Crippen molar-refractivity contribution in [1.82, 2.24) is 25.4 Å². The molecule has 0 unspecified atom stereocenters. The van der Waals surface area contributed by atoms with Crippen molar-refractivity contribution in [2.75, 3.05) is 6.54 Å². The van der Waals surface area contributed by atoms with Crippen molar-refractivity contribution in [2.45, 2.75) is 25.4 Å². The summed E-state index contributed by atoms with van der Waals surface area (Å²) in [5, 5.41) is 10.0. The fourth-order valence-electron chi connectivity index (χ4n) is 1.66. The van der Waals surface area contributed by atoms with E-state index in [2.05, 4.69) is 20.7 Å². The van der Waals surface area contributed by atoms with E-state index in [-0.39, 0.29) is 11.9 Å². The molecule has 1 aliphatic rings.